The molecule has 1 unspecified atom stereocenters. The number of aliphatic hydroxyl groups is 1. The number of rotatable bonds is 6. The number of hydrogen-bond donors (Lipinski definition) is 1. The number of likely N-dealkylation sites (N-methyl/N-ethyl adjacent to an activating group) is 1. The zero-order chi connectivity index (χ0) is 27.7. The number of carbonyl (C=O) groups excluding carboxylic acids is 3. The van der Waals surface area contributed by atoms with Crippen LogP contribution in [0.2, 0.25) is 0 Å². The summed E-state index contributed by atoms with van der Waals surface area (Å²) in [5.41, 5.74) is 2.87. The second-order valence-corrected chi connectivity index (χ2v) is 9.82. The van der Waals surface area contributed by atoms with Gasteiger partial charge in [0.2, 0.25) is 0 Å². The van der Waals surface area contributed by atoms with Crippen LogP contribution in [0.1, 0.15) is 46.9 Å². The van der Waals surface area contributed by atoms with Crippen LogP contribution in [0.5, 0.6) is 5.75 Å². The minimum atomic E-state index is -0.853. The summed E-state index contributed by atoms with van der Waals surface area (Å²) in [6.45, 7) is 4.88. The Kier molecular flexibility index (Phi) is 7.06. The molecule has 1 fully saturated rings. The molecule has 9 heteroatoms. The molecule has 39 heavy (non-hydrogen) atoms. The minimum absolute atomic E-state index is 0.00976. The number of Topliss-reactive ketones (excluding diaryl/α,β-unsaturated/α-hetero) is 1. The van der Waals surface area contributed by atoms with Crippen LogP contribution in [0.25, 0.3) is 5.76 Å². The maximum absolute atomic E-state index is 13.4. The number of ketones is 1. The summed E-state index contributed by atoms with van der Waals surface area (Å²) in [6, 6.07) is 14.5. The summed E-state index contributed by atoms with van der Waals surface area (Å²) in [5, 5.41) is 11.4. The van der Waals surface area contributed by atoms with Crippen LogP contribution in [-0.2, 0) is 20.9 Å². The Hall–Kier alpha value is -4.66. The molecule has 1 atom stereocenters. The van der Waals surface area contributed by atoms with Crippen molar-refractivity contribution in [1.82, 2.24) is 9.88 Å². The highest BCUT2D eigenvalue weighted by Gasteiger charge is 2.46. The number of benzene rings is 2. The van der Waals surface area contributed by atoms with E-state index < -0.39 is 23.7 Å². The largest absolute Gasteiger partial charge is 0.507 e. The van der Waals surface area contributed by atoms with Crippen LogP contribution in [0.3, 0.4) is 0 Å². The number of carbonyl (C=O) groups is 3. The van der Waals surface area contributed by atoms with Gasteiger partial charge in [-0.3, -0.25) is 14.6 Å². The molecular weight excluding hydrogens is 498 g/mol. The van der Waals surface area contributed by atoms with Gasteiger partial charge in [0.15, 0.2) is 0 Å². The molecule has 1 aromatic heterocycles. The minimum Gasteiger partial charge on any atom is -0.507 e. The van der Waals surface area contributed by atoms with Gasteiger partial charge in [-0.25, -0.2) is 4.79 Å². The SMILES string of the molecule is CC(C)OC(=O)c1ccc(CN2C(=O)C(=O)/C(=C(\O)c3ccc4c(c3)N(C)CCO4)C2c2cccnc2)cc1. The number of esters is 1. The first-order valence-corrected chi connectivity index (χ1v) is 12.7. The number of aliphatic hydroxyl groups excluding tert-OH is 1. The van der Waals surface area contributed by atoms with Crippen molar-refractivity contribution in [2.75, 3.05) is 25.1 Å². The monoisotopic (exact) mass is 527 g/mol. The first-order chi connectivity index (χ1) is 18.7. The molecule has 0 spiro atoms. The van der Waals surface area contributed by atoms with Crippen molar-refractivity contribution in [3.8, 4) is 5.75 Å². The predicted molar refractivity (Wildman–Crippen MR) is 144 cm³/mol. The zero-order valence-electron chi connectivity index (χ0n) is 22.0. The van der Waals surface area contributed by atoms with Crippen molar-refractivity contribution in [2.45, 2.75) is 32.5 Å². The van der Waals surface area contributed by atoms with Gasteiger partial charge < -0.3 is 24.4 Å². The quantitative estimate of drug-likeness (QED) is 0.221. The van der Waals surface area contributed by atoms with Gasteiger partial charge in [-0.05, 0) is 61.4 Å². The predicted octanol–water partition coefficient (Wildman–Crippen LogP) is 4.10. The van der Waals surface area contributed by atoms with Crippen LogP contribution in [0.15, 0.2) is 72.6 Å². The van der Waals surface area contributed by atoms with Crippen molar-refractivity contribution < 1.29 is 29.0 Å². The van der Waals surface area contributed by atoms with E-state index in [-0.39, 0.29) is 24.0 Å². The van der Waals surface area contributed by atoms with Crippen LogP contribution in [-0.4, -0.2) is 59.0 Å². The van der Waals surface area contributed by atoms with E-state index >= 15 is 0 Å². The van der Waals surface area contributed by atoms with E-state index in [1.165, 1.54) is 4.90 Å². The molecule has 5 rings (SSSR count). The van der Waals surface area contributed by atoms with E-state index in [0.29, 0.717) is 41.2 Å². The number of pyridine rings is 1. The first kappa shape index (κ1) is 26.0. The average Bonchev–Trinajstić information content (AvgIpc) is 3.18. The Morgan fingerprint density at radius 2 is 1.87 bits per heavy atom. The van der Waals surface area contributed by atoms with Crippen LogP contribution in [0, 0.1) is 0 Å². The number of hydrogen-bond acceptors (Lipinski definition) is 8. The number of nitrogens with zero attached hydrogens (tertiary/aromatic N) is 3. The number of anilines is 1. The van der Waals surface area contributed by atoms with Crippen molar-refractivity contribution in [1.29, 1.82) is 0 Å². The van der Waals surface area contributed by atoms with Crippen LogP contribution >= 0.6 is 0 Å². The highest BCUT2D eigenvalue weighted by atomic mass is 16.5. The molecule has 0 radical (unpaired) electrons. The lowest BCUT2D eigenvalue weighted by atomic mass is 9.95. The molecule has 200 valence electrons. The van der Waals surface area contributed by atoms with Gasteiger partial charge >= 0.3 is 5.97 Å². The Bertz CT molecular complexity index is 1450. The molecule has 0 saturated carbocycles. The molecule has 3 heterocycles. The van der Waals surface area contributed by atoms with Gasteiger partial charge in [0.25, 0.3) is 11.7 Å². The number of amides is 1. The normalized spacial score (nSPS) is 18.2. The van der Waals surface area contributed by atoms with E-state index in [4.69, 9.17) is 9.47 Å². The standard InChI is InChI=1S/C30H29N3O6/c1-18(2)39-30(37)20-8-6-19(7-9-20)17-33-26(22-5-4-12-31-16-22)25(28(35)29(33)36)27(34)21-10-11-24-23(15-21)32(3)13-14-38-24/h4-12,15-16,18,26,34H,13-14,17H2,1-3H3/b27-25-. The van der Waals surface area contributed by atoms with E-state index in [0.717, 1.165) is 5.69 Å². The van der Waals surface area contributed by atoms with Gasteiger partial charge in [-0.1, -0.05) is 18.2 Å². The molecule has 9 nitrogen and oxygen atoms in total. The van der Waals surface area contributed by atoms with E-state index in [2.05, 4.69) is 4.98 Å². The van der Waals surface area contributed by atoms with Gasteiger partial charge in [0.1, 0.15) is 18.1 Å². The summed E-state index contributed by atoms with van der Waals surface area (Å²) in [5.74, 6) is -1.52. The van der Waals surface area contributed by atoms with Crippen LogP contribution in [0.4, 0.5) is 5.69 Å². The molecule has 1 N–H and O–H groups in total. The van der Waals surface area contributed by atoms with Crippen molar-refractivity contribution >= 4 is 29.1 Å². The number of likely N-dealkylation sites (tertiary alicyclic amines) is 1. The Balaban J connectivity index is 1.52. The molecular formula is C30H29N3O6. The molecule has 2 aromatic carbocycles. The van der Waals surface area contributed by atoms with E-state index in [1.54, 1.807) is 80.8 Å². The summed E-state index contributed by atoms with van der Waals surface area (Å²) < 4.78 is 10.9. The fraction of sp³-hybridized carbons (Fsp3) is 0.267. The van der Waals surface area contributed by atoms with Crippen LogP contribution < -0.4 is 9.64 Å². The molecule has 2 aliphatic heterocycles. The highest BCUT2D eigenvalue weighted by molar-refractivity contribution is 6.46. The Morgan fingerprint density at radius 3 is 2.56 bits per heavy atom. The topological polar surface area (TPSA) is 109 Å². The van der Waals surface area contributed by atoms with Gasteiger partial charge in [-0.2, -0.15) is 0 Å². The molecule has 0 bridgehead atoms. The summed E-state index contributed by atoms with van der Waals surface area (Å²) in [6.07, 6.45) is 2.94. The Labute approximate surface area is 226 Å². The van der Waals surface area contributed by atoms with E-state index in [1.807, 2.05) is 11.9 Å². The summed E-state index contributed by atoms with van der Waals surface area (Å²) in [4.78, 5) is 46.5. The number of ether oxygens (including phenoxy) is 2. The lowest BCUT2D eigenvalue weighted by molar-refractivity contribution is -0.140. The summed E-state index contributed by atoms with van der Waals surface area (Å²) in [7, 11) is 1.92. The van der Waals surface area contributed by atoms with Gasteiger partial charge in [0.05, 0.1) is 35.5 Å². The number of fused-ring (bicyclic) bond motifs is 1. The average molecular weight is 528 g/mol. The molecule has 2 aliphatic rings. The van der Waals surface area contributed by atoms with Gasteiger partial charge in [-0.15, -0.1) is 0 Å². The Morgan fingerprint density at radius 1 is 1.13 bits per heavy atom. The van der Waals surface area contributed by atoms with Crippen molar-refractivity contribution in [3.05, 3.63) is 94.8 Å². The number of aromatic nitrogens is 1. The highest BCUT2D eigenvalue weighted by Crippen LogP contribution is 2.41. The zero-order valence-corrected chi connectivity index (χ0v) is 22.0. The smallest absolute Gasteiger partial charge is 0.338 e. The first-order valence-electron chi connectivity index (χ1n) is 12.7. The third-order valence-electron chi connectivity index (χ3n) is 6.75. The summed E-state index contributed by atoms with van der Waals surface area (Å²) >= 11 is 0. The molecule has 1 saturated heterocycles. The lowest BCUT2D eigenvalue weighted by Gasteiger charge is -2.28. The second-order valence-electron chi connectivity index (χ2n) is 9.82. The maximum Gasteiger partial charge on any atom is 0.338 e. The van der Waals surface area contributed by atoms with Crippen molar-refractivity contribution in [3.63, 3.8) is 0 Å². The molecule has 3 aromatic rings. The van der Waals surface area contributed by atoms with Crippen molar-refractivity contribution in [2.24, 2.45) is 0 Å². The third-order valence-corrected chi connectivity index (χ3v) is 6.75. The van der Waals surface area contributed by atoms with E-state index in [9.17, 15) is 19.5 Å². The second kappa shape index (κ2) is 10.6. The molecule has 0 aliphatic carbocycles. The fourth-order valence-corrected chi connectivity index (χ4v) is 4.81. The molecule has 1 amide bonds. The maximum atomic E-state index is 13.4. The van der Waals surface area contributed by atoms with Gasteiger partial charge in [0, 0.05) is 31.5 Å². The fourth-order valence-electron chi connectivity index (χ4n) is 4.81. The lowest BCUT2D eigenvalue weighted by Crippen LogP contribution is -2.29. The third kappa shape index (κ3) is 5.07.